The van der Waals surface area contributed by atoms with Crippen LogP contribution in [0.1, 0.15) is 12.8 Å². The van der Waals surface area contributed by atoms with E-state index in [4.69, 9.17) is 4.74 Å². The molecule has 0 saturated carbocycles. The molecule has 0 aromatic carbocycles. The van der Waals surface area contributed by atoms with E-state index in [-0.39, 0.29) is 0 Å². The predicted molar refractivity (Wildman–Crippen MR) is 52.6 cm³/mol. The molecule has 3 heteroatoms. The molecule has 3 nitrogen and oxygen atoms in total. The van der Waals surface area contributed by atoms with Gasteiger partial charge in [0, 0.05) is 32.7 Å². The van der Waals surface area contributed by atoms with Crippen LogP contribution in [-0.2, 0) is 4.74 Å². The molecule has 0 atom stereocenters. The van der Waals surface area contributed by atoms with Gasteiger partial charge in [-0.1, -0.05) is 0 Å². The van der Waals surface area contributed by atoms with E-state index in [1.165, 1.54) is 31.5 Å². The van der Waals surface area contributed by atoms with Crippen LogP contribution < -0.4 is 5.32 Å². The minimum atomic E-state index is 0.908. The number of ether oxygens (including phenoxy) is 1. The van der Waals surface area contributed by atoms with Crippen molar-refractivity contribution in [3.63, 3.8) is 0 Å². The molecule has 0 bridgehead atoms. The molecule has 0 amide bonds. The van der Waals surface area contributed by atoms with Crippen molar-refractivity contribution in [1.29, 1.82) is 0 Å². The topological polar surface area (TPSA) is 24.5 Å². The third-order valence-electron chi connectivity index (χ3n) is 2.65. The highest BCUT2D eigenvalue weighted by molar-refractivity contribution is 5.03. The third-order valence-corrected chi connectivity index (χ3v) is 2.65. The van der Waals surface area contributed by atoms with Gasteiger partial charge in [0.15, 0.2) is 0 Å². The first-order chi connectivity index (χ1) is 6.45. The van der Waals surface area contributed by atoms with Gasteiger partial charge >= 0.3 is 0 Å². The molecule has 2 aliphatic rings. The Balaban J connectivity index is 1.78. The maximum atomic E-state index is 5.32. The van der Waals surface area contributed by atoms with Crippen molar-refractivity contribution in [2.45, 2.75) is 12.8 Å². The molecule has 1 saturated heterocycles. The fraction of sp³-hybridized carbons (Fsp3) is 0.800. The first kappa shape index (κ1) is 9.03. The second-order valence-corrected chi connectivity index (χ2v) is 3.78. The molecule has 0 aromatic heterocycles. The van der Waals surface area contributed by atoms with E-state index in [1.807, 2.05) is 6.26 Å². The standard InChI is InChI=1S/C10H18N2O/c1-2-10(9-13-7-1)8-12-5-3-11-4-6-12/h9,11H,1-8H2. The van der Waals surface area contributed by atoms with Crippen LogP contribution in [0.4, 0.5) is 0 Å². The van der Waals surface area contributed by atoms with Crippen LogP contribution in [0.3, 0.4) is 0 Å². The van der Waals surface area contributed by atoms with Crippen molar-refractivity contribution in [3.05, 3.63) is 11.8 Å². The minimum absolute atomic E-state index is 0.908. The number of nitrogens with one attached hydrogen (secondary N) is 1. The van der Waals surface area contributed by atoms with Crippen LogP contribution in [0.15, 0.2) is 11.8 Å². The van der Waals surface area contributed by atoms with Gasteiger partial charge in [-0.3, -0.25) is 4.90 Å². The zero-order chi connectivity index (χ0) is 8.93. The van der Waals surface area contributed by atoms with Crippen LogP contribution in [0.5, 0.6) is 0 Å². The Morgan fingerprint density at radius 3 is 2.92 bits per heavy atom. The van der Waals surface area contributed by atoms with Gasteiger partial charge in [0.2, 0.25) is 0 Å². The molecule has 2 rings (SSSR count). The van der Waals surface area contributed by atoms with Gasteiger partial charge < -0.3 is 10.1 Å². The molecule has 2 heterocycles. The fourth-order valence-electron chi connectivity index (χ4n) is 1.89. The zero-order valence-corrected chi connectivity index (χ0v) is 8.09. The predicted octanol–water partition coefficient (Wildman–Crippen LogP) is 0.586. The zero-order valence-electron chi connectivity index (χ0n) is 8.09. The van der Waals surface area contributed by atoms with Gasteiger partial charge in [-0.05, 0) is 18.4 Å². The molecule has 13 heavy (non-hydrogen) atoms. The second-order valence-electron chi connectivity index (χ2n) is 3.78. The maximum absolute atomic E-state index is 5.32. The molecule has 0 aromatic rings. The summed E-state index contributed by atoms with van der Waals surface area (Å²) in [4.78, 5) is 2.50. The van der Waals surface area contributed by atoms with Crippen LogP contribution >= 0.6 is 0 Å². The van der Waals surface area contributed by atoms with E-state index in [0.29, 0.717) is 0 Å². The summed E-state index contributed by atoms with van der Waals surface area (Å²) in [6, 6.07) is 0. The van der Waals surface area contributed by atoms with Gasteiger partial charge in [-0.15, -0.1) is 0 Å². The first-order valence-corrected chi connectivity index (χ1v) is 5.18. The summed E-state index contributed by atoms with van der Waals surface area (Å²) in [6.45, 7) is 6.64. The fourth-order valence-corrected chi connectivity index (χ4v) is 1.89. The maximum Gasteiger partial charge on any atom is 0.0876 e. The smallest absolute Gasteiger partial charge is 0.0876 e. The Labute approximate surface area is 79.7 Å². The molecular formula is C10H18N2O. The second kappa shape index (κ2) is 4.63. The lowest BCUT2D eigenvalue weighted by Gasteiger charge is -2.28. The van der Waals surface area contributed by atoms with Crippen molar-refractivity contribution in [2.75, 3.05) is 39.3 Å². The molecule has 0 aliphatic carbocycles. The lowest BCUT2D eigenvalue weighted by Crippen LogP contribution is -2.44. The van der Waals surface area contributed by atoms with Gasteiger partial charge in [-0.2, -0.15) is 0 Å². The van der Waals surface area contributed by atoms with Gasteiger partial charge in [0.05, 0.1) is 12.9 Å². The first-order valence-electron chi connectivity index (χ1n) is 5.18. The average molecular weight is 182 g/mol. The molecular weight excluding hydrogens is 164 g/mol. The molecule has 0 spiro atoms. The summed E-state index contributed by atoms with van der Waals surface area (Å²) in [6.07, 6.45) is 4.38. The van der Waals surface area contributed by atoms with Gasteiger partial charge in [0.1, 0.15) is 0 Å². The Morgan fingerprint density at radius 2 is 2.23 bits per heavy atom. The van der Waals surface area contributed by atoms with Crippen LogP contribution in [0, 0.1) is 0 Å². The van der Waals surface area contributed by atoms with E-state index >= 15 is 0 Å². The van der Waals surface area contributed by atoms with Crippen molar-refractivity contribution in [1.82, 2.24) is 10.2 Å². The number of hydrogen-bond acceptors (Lipinski definition) is 3. The number of piperazine rings is 1. The van der Waals surface area contributed by atoms with Crippen LogP contribution in [0.2, 0.25) is 0 Å². The Hall–Kier alpha value is -0.540. The number of nitrogens with zero attached hydrogens (tertiary/aromatic N) is 1. The highest BCUT2D eigenvalue weighted by Crippen LogP contribution is 2.13. The summed E-state index contributed by atoms with van der Waals surface area (Å²) in [7, 11) is 0. The molecule has 0 unspecified atom stereocenters. The van der Waals surface area contributed by atoms with E-state index < -0.39 is 0 Å². The summed E-state index contributed by atoms with van der Waals surface area (Å²) in [5.41, 5.74) is 1.47. The Bertz CT molecular complexity index is 185. The van der Waals surface area contributed by atoms with Gasteiger partial charge in [0.25, 0.3) is 0 Å². The molecule has 0 radical (unpaired) electrons. The Morgan fingerprint density at radius 1 is 1.38 bits per heavy atom. The number of hydrogen-bond donors (Lipinski definition) is 1. The molecule has 74 valence electrons. The normalized spacial score (nSPS) is 25.1. The van der Waals surface area contributed by atoms with Crippen molar-refractivity contribution >= 4 is 0 Å². The third kappa shape index (κ3) is 2.71. The van der Waals surface area contributed by atoms with Crippen molar-refractivity contribution in [2.24, 2.45) is 0 Å². The highest BCUT2D eigenvalue weighted by Gasteiger charge is 2.12. The SMILES string of the molecule is C1=C(CN2CCNCC2)CCCO1. The molecule has 1 N–H and O–H groups in total. The summed E-state index contributed by atoms with van der Waals surface area (Å²) >= 11 is 0. The summed E-state index contributed by atoms with van der Waals surface area (Å²) in [5.74, 6) is 0. The van der Waals surface area contributed by atoms with Crippen molar-refractivity contribution < 1.29 is 4.74 Å². The summed E-state index contributed by atoms with van der Waals surface area (Å²) < 4.78 is 5.32. The van der Waals surface area contributed by atoms with Crippen LogP contribution in [0.25, 0.3) is 0 Å². The van der Waals surface area contributed by atoms with Crippen LogP contribution in [-0.4, -0.2) is 44.2 Å². The lowest BCUT2D eigenvalue weighted by molar-refractivity contribution is 0.206. The average Bonchev–Trinajstić information content (AvgIpc) is 2.21. The number of rotatable bonds is 2. The Kier molecular flexibility index (Phi) is 3.22. The molecule has 2 aliphatic heterocycles. The largest absolute Gasteiger partial charge is 0.501 e. The highest BCUT2D eigenvalue weighted by atomic mass is 16.5. The van der Waals surface area contributed by atoms with Crippen molar-refractivity contribution in [3.8, 4) is 0 Å². The quantitative estimate of drug-likeness (QED) is 0.676. The van der Waals surface area contributed by atoms with E-state index in [0.717, 1.165) is 26.2 Å². The van der Waals surface area contributed by atoms with E-state index in [9.17, 15) is 0 Å². The van der Waals surface area contributed by atoms with E-state index in [2.05, 4.69) is 10.2 Å². The lowest BCUT2D eigenvalue weighted by atomic mass is 10.1. The molecule has 1 fully saturated rings. The van der Waals surface area contributed by atoms with Gasteiger partial charge in [-0.25, -0.2) is 0 Å². The summed E-state index contributed by atoms with van der Waals surface area (Å²) in [5, 5.41) is 3.36. The van der Waals surface area contributed by atoms with E-state index in [1.54, 1.807) is 0 Å². The monoisotopic (exact) mass is 182 g/mol. The minimum Gasteiger partial charge on any atom is -0.501 e.